The van der Waals surface area contributed by atoms with Gasteiger partial charge in [0.05, 0.1) is 6.54 Å². The number of benzene rings is 1. The SMILES string of the molecule is CCNC(=NCc1ccnc(N2CCCCC2)c1)NC1CCN(Cc2ccccc2)CC1.I. The van der Waals surface area contributed by atoms with Crippen LogP contribution >= 0.6 is 24.0 Å². The fraction of sp³-hybridized carbons (Fsp3) is 0.538. The first-order valence-electron chi connectivity index (χ1n) is 12.3. The van der Waals surface area contributed by atoms with Crippen molar-refractivity contribution in [3.05, 3.63) is 59.8 Å². The van der Waals surface area contributed by atoms with Gasteiger partial charge in [0.1, 0.15) is 5.82 Å². The highest BCUT2D eigenvalue weighted by molar-refractivity contribution is 14.0. The van der Waals surface area contributed by atoms with Crippen LogP contribution in [0, 0.1) is 0 Å². The van der Waals surface area contributed by atoms with Gasteiger partial charge < -0.3 is 15.5 Å². The summed E-state index contributed by atoms with van der Waals surface area (Å²) in [6, 6.07) is 15.5. The summed E-state index contributed by atoms with van der Waals surface area (Å²) >= 11 is 0. The van der Waals surface area contributed by atoms with Crippen LogP contribution in [0.2, 0.25) is 0 Å². The molecule has 1 aromatic carbocycles. The predicted octanol–water partition coefficient (Wildman–Crippen LogP) is 4.41. The van der Waals surface area contributed by atoms with Gasteiger partial charge in [0, 0.05) is 51.5 Å². The van der Waals surface area contributed by atoms with E-state index in [2.05, 4.69) is 74.8 Å². The molecule has 0 amide bonds. The van der Waals surface area contributed by atoms with Crippen molar-refractivity contribution in [2.45, 2.75) is 58.2 Å². The molecule has 0 unspecified atom stereocenters. The minimum atomic E-state index is 0. The number of anilines is 1. The number of nitrogens with one attached hydrogen (secondary N) is 2. The summed E-state index contributed by atoms with van der Waals surface area (Å²) in [4.78, 5) is 14.4. The maximum atomic E-state index is 4.89. The number of aromatic nitrogens is 1. The van der Waals surface area contributed by atoms with Crippen LogP contribution in [-0.2, 0) is 13.1 Å². The molecule has 6 nitrogen and oxygen atoms in total. The molecule has 2 N–H and O–H groups in total. The van der Waals surface area contributed by atoms with E-state index >= 15 is 0 Å². The molecule has 0 aliphatic carbocycles. The molecule has 4 rings (SSSR count). The molecular weight excluding hydrogens is 523 g/mol. The number of rotatable bonds is 7. The maximum Gasteiger partial charge on any atom is 0.191 e. The van der Waals surface area contributed by atoms with Crippen LogP contribution < -0.4 is 15.5 Å². The van der Waals surface area contributed by atoms with Gasteiger partial charge in [-0.15, -0.1) is 24.0 Å². The quantitative estimate of drug-likeness (QED) is 0.298. The van der Waals surface area contributed by atoms with E-state index in [4.69, 9.17) is 4.99 Å². The van der Waals surface area contributed by atoms with Gasteiger partial charge in [-0.05, 0) is 62.3 Å². The largest absolute Gasteiger partial charge is 0.357 e. The highest BCUT2D eigenvalue weighted by atomic mass is 127. The van der Waals surface area contributed by atoms with E-state index in [1.54, 1.807) is 0 Å². The summed E-state index contributed by atoms with van der Waals surface area (Å²) in [6.45, 7) is 9.19. The molecule has 33 heavy (non-hydrogen) atoms. The van der Waals surface area contributed by atoms with Crippen LogP contribution in [0.4, 0.5) is 5.82 Å². The van der Waals surface area contributed by atoms with Crippen molar-refractivity contribution in [1.29, 1.82) is 0 Å². The summed E-state index contributed by atoms with van der Waals surface area (Å²) in [5.74, 6) is 2.02. The Hall–Kier alpha value is -1.87. The molecule has 2 fully saturated rings. The summed E-state index contributed by atoms with van der Waals surface area (Å²) in [6.07, 6.45) is 8.09. The maximum absolute atomic E-state index is 4.89. The first kappa shape index (κ1) is 25.7. The van der Waals surface area contributed by atoms with Gasteiger partial charge in [0.15, 0.2) is 5.96 Å². The van der Waals surface area contributed by atoms with Crippen LogP contribution in [0.1, 0.15) is 50.2 Å². The lowest BCUT2D eigenvalue weighted by Crippen LogP contribution is -2.48. The zero-order valence-corrected chi connectivity index (χ0v) is 22.2. The van der Waals surface area contributed by atoms with Crippen molar-refractivity contribution in [3.63, 3.8) is 0 Å². The molecule has 2 saturated heterocycles. The van der Waals surface area contributed by atoms with E-state index in [0.29, 0.717) is 12.6 Å². The van der Waals surface area contributed by atoms with Gasteiger partial charge in [0.2, 0.25) is 0 Å². The zero-order chi connectivity index (χ0) is 22.0. The second-order valence-corrected chi connectivity index (χ2v) is 8.95. The Morgan fingerprint density at radius 1 is 1.00 bits per heavy atom. The Morgan fingerprint density at radius 2 is 1.76 bits per heavy atom. The highest BCUT2D eigenvalue weighted by Crippen LogP contribution is 2.19. The molecule has 1 aromatic heterocycles. The van der Waals surface area contributed by atoms with E-state index in [1.807, 2.05) is 6.20 Å². The van der Waals surface area contributed by atoms with E-state index in [9.17, 15) is 0 Å². The monoisotopic (exact) mass is 562 g/mol. The van der Waals surface area contributed by atoms with Crippen LogP contribution in [0.5, 0.6) is 0 Å². The Kier molecular flexibility index (Phi) is 10.7. The first-order chi connectivity index (χ1) is 15.8. The van der Waals surface area contributed by atoms with Gasteiger partial charge in [-0.3, -0.25) is 4.90 Å². The second kappa shape index (κ2) is 13.7. The third-order valence-electron chi connectivity index (χ3n) is 6.43. The summed E-state index contributed by atoms with van der Waals surface area (Å²) < 4.78 is 0. The number of pyridine rings is 1. The number of halogens is 1. The van der Waals surface area contributed by atoms with Gasteiger partial charge in [-0.1, -0.05) is 30.3 Å². The summed E-state index contributed by atoms with van der Waals surface area (Å²) in [7, 11) is 0. The fourth-order valence-corrected chi connectivity index (χ4v) is 4.62. The van der Waals surface area contributed by atoms with Crippen molar-refractivity contribution >= 4 is 35.8 Å². The molecule has 2 aliphatic heterocycles. The van der Waals surface area contributed by atoms with Crippen LogP contribution in [0.15, 0.2) is 53.7 Å². The smallest absolute Gasteiger partial charge is 0.191 e. The molecule has 2 aliphatic rings. The van der Waals surface area contributed by atoms with Gasteiger partial charge in [0.25, 0.3) is 0 Å². The minimum Gasteiger partial charge on any atom is -0.357 e. The number of nitrogens with zero attached hydrogens (tertiary/aromatic N) is 4. The lowest BCUT2D eigenvalue weighted by atomic mass is 10.0. The normalized spacial score (nSPS) is 18.0. The van der Waals surface area contributed by atoms with E-state index in [0.717, 1.165) is 63.9 Å². The van der Waals surface area contributed by atoms with E-state index in [1.165, 1.54) is 30.4 Å². The lowest BCUT2D eigenvalue weighted by molar-refractivity contribution is 0.198. The van der Waals surface area contributed by atoms with Gasteiger partial charge in [-0.2, -0.15) is 0 Å². The Balaban J connectivity index is 0.00000306. The third kappa shape index (κ3) is 8.14. The highest BCUT2D eigenvalue weighted by Gasteiger charge is 2.20. The van der Waals surface area contributed by atoms with Crippen LogP contribution in [-0.4, -0.2) is 54.6 Å². The number of guanidine groups is 1. The molecule has 180 valence electrons. The van der Waals surface area contributed by atoms with Crippen molar-refractivity contribution in [3.8, 4) is 0 Å². The summed E-state index contributed by atoms with van der Waals surface area (Å²) in [5, 5.41) is 7.10. The topological polar surface area (TPSA) is 55.8 Å². The molecule has 2 aromatic rings. The molecule has 0 bridgehead atoms. The summed E-state index contributed by atoms with van der Waals surface area (Å²) in [5.41, 5.74) is 2.62. The molecule has 0 saturated carbocycles. The minimum absolute atomic E-state index is 0. The first-order valence-corrected chi connectivity index (χ1v) is 12.3. The van der Waals surface area contributed by atoms with Gasteiger partial charge in [-0.25, -0.2) is 9.98 Å². The molecular formula is C26H39IN6. The Morgan fingerprint density at radius 3 is 2.48 bits per heavy atom. The molecule has 0 radical (unpaired) electrons. The average Bonchev–Trinajstić information content (AvgIpc) is 2.85. The Bertz CT molecular complexity index is 845. The molecule has 0 atom stereocenters. The van der Waals surface area contributed by atoms with Crippen molar-refractivity contribution in [1.82, 2.24) is 20.5 Å². The van der Waals surface area contributed by atoms with Crippen LogP contribution in [0.25, 0.3) is 0 Å². The standard InChI is InChI=1S/C26H38N6.HI/c1-2-27-26(29-20-23-11-14-28-25(19-23)32-15-7-4-8-16-32)30-24-12-17-31(18-13-24)21-22-9-5-3-6-10-22;/h3,5-6,9-11,14,19,24H,2,4,7-8,12-13,15-18,20-21H2,1H3,(H2,27,29,30);1H. The van der Waals surface area contributed by atoms with Crippen molar-refractivity contribution < 1.29 is 0 Å². The second-order valence-electron chi connectivity index (χ2n) is 8.95. The van der Waals surface area contributed by atoms with E-state index < -0.39 is 0 Å². The Labute approximate surface area is 216 Å². The fourth-order valence-electron chi connectivity index (χ4n) is 4.62. The number of likely N-dealkylation sites (tertiary alicyclic amines) is 1. The third-order valence-corrected chi connectivity index (χ3v) is 6.43. The molecule has 7 heteroatoms. The number of hydrogen-bond acceptors (Lipinski definition) is 4. The van der Waals surface area contributed by atoms with Crippen LogP contribution in [0.3, 0.4) is 0 Å². The lowest BCUT2D eigenvalue weighted by Gasteiger charge is -2.33. The van der Waals surface area contributed by atoms with Crippen molar-refractivity contribution in [2.24, 2.45) is 4.99 Å². The zero-order valence-electron chi connectivity index (χ0n) is 19.9. The van der Waals surface area contributed by atoms with Gasteiger partial charge >= 0.3 is 0 Å². The average molecular weight is 563 g/mol. The molecule has 0 spiro atoms. The number of aliphatic imine (C=N–C) groups is 1. The van der Waals surface area contributed by atoms with E-state index in [-0.39, 0.29) is 24.0 Å². The molecule has 3 heterocycles. The van der Waals surface area contributed by atoms with Crippen molar-refractivity contribution in [2.75, 3.05) is 37.6 Å². The predicted molar refractivity (Wildman–Crippen MR) is 148 cm³/mol. The number of hydrogen-bond donors (Lipinski definition) is 2. The number of piperidine rings is 2.